The van der Waals surface area contributed by atoms with Crippen LogP contribution in [0.2, 0.25) is 0 Å². The molecule has 2 aromatic rings. The summed E-state index contributed by atoms with van der Waals surface area (Å²) in [6.45, 7) is 0.0619. The number of nitriles is 1. The van der Waals surface area contributed by atoms with Crippen molar-refractivity contribution in [2.75, 3.05) is 5.32 Å². The van der Waals surface area contributed by atoms with Gasteiger partial charge in [0.1, 0.15) is 11.9 Å². The smallest absolute Gasteiger partial charge is 0.312 e. The van der Waals surface area contributed by atoms with Crippen LogP contribution in [0.4, 0.5) is 15.9 Å². The van der Waals surface area contributed by atoms with Gasteiger partial charge in [-0.05, 0) is 6.07 Å². The predicted octanol–water partition coefficient (Wildman–Crippen LogP) is 2.61. The second-order valence-corrected chi connectivity index (χ2v) is 3.91. The normalized spacial score (nSPS) is 9.80. The molecule has 0 atom stereocenters. The zero-order valence-corrected chi connectivity index (χ0v) is 10.2. The average molecular weight is 272 g/mol. The van der Waals surface area contributed by atoms with Crippen LogP contribution in [0.15, 0.2) is 36.5 Å². The molecule has 1 N–H and O–H groups in total. The van der Waals surface area contributed by atoms with Crippen LogP contribution in [0.1, 0.15) is 11.1 Å². The number of hydrogen-bond acceptors (Lipinski definition) is 5. The zero-order valence-electron chi connectivity index (χ0n) is 10.2. The van der Waals surface area contributed by atoms with Gasteiger partial charge in [0.25, 0.3) is 0 Å². The van der Waals surface area contributed by atoms with Crippen molar-refractivity contribution in [2.45, 2.75) is 6.54 Å². The van der Waals surface area contributed by atoms with Crippen LogP contribution < -0.4 is 5.32 Å². The van der Waals surface area contributed by atoms with E-state index in [2.05, 4.69) is 10.3 Å². The predicted molar refractivity (Wildman–Crippen MR) is 69.3 cm³/mol. The summed E-state index contributed by atoms with van der Waals surface area (Å²) >= 11 is 0. The monoisotopic (exact) mass is 272 g/mol. The highest BCUT2D eigenvalue weighted by atomic mass is 19.1. The van der Waals surface area contributed by atoms with Crippen LogP contribution in [0.5, 0.6) is 0 Å². The topological polar surface area (TPSA) is 91.8 Å². The van der Waals surface area contributed by atoms with E-state index in [4.69, 9.17) is 5.26 Å². The van der Waals surface area contributed by atoms with Crippen molar-refractivity contribution in [1.29, 1.82) is 5.26 Å². The molecule has 1 heterocycles. The Labute approximate surface area is 113 Å². The fraction of sp³-hybridized carbons (Fsp3) is 0.0769. The Morgan fingerprint density at radius 2 is 2.20 bits per heavy atom. The summed E-state index contributed by atoms with van der Waals surface area (Å²) in [4.78, 5) is 14.1. The molecule has 1 aromatic carbocycles. The molecule has 20 heavy (non-hydrogen) atoms. The van der Waals surface area contributed by atoms with Crippen LogP contribution in [-0.2, 0) is 6.54 Å². The molecule has 6 nitrogen and oxygen atoms in total. The largest absolute Gasteiger partial charge is 0.360 e. The van der Waals surface area contributed by atoms with Gasteiger partial charge in [0.05, 0.1) is 10.5 Å². The SMILES string of the molecule is N#Cc1cnc(NCc2ccccc2F)c([N+](=O)[O-])c1. The third-order valence-corrected chi connectivity index (χ3v) is 2.60. The summed E-state index contributed by atoms with van der Waals surface area (Å²) in [6, 6.07) is 8.99. The highest BCUT2D eigenvalue weighted by Crippen LogP contribution is 2.23. The number of anilines is 1. The lowest BCUT2D eigenvalue weighted by atomic mass is 10.2. The average Bonchev–Trinajstić information content (AvgIpc) is 2.46. The lowest BCUT2D eigenvalue weighted by molar-refractivity contribution is -0.384. The minimum Gasteiger partial charge on any atom is -0.360 e. The molecular formula is C13H9FN4O2. The third-order valence-electron chi connectivity index (χ3n) is 2.60. The second kappa shape index (κ2) is 5.75. The number of pyridine rings is 1. The van der Waals surface area contributed by atoms with Gasteiger partial charge in [-0.25, -0.2) is 9.37 Å². The summed E-state index contributed by atoms with van der Waals surface area (Å²) in [7, 11) is 0. The van der Waals surface area contributed by atoms with Crippen molar-refractivity contribution in [1.82, 2.24) is 4.98 Å². The number of nitro groups is 1. The first-order chi connectivity index (χ1) is 9.61. The Kier molecular flexibility index (Phi) is 3.86. The zero-order chi connectivity index (χ0) is 14.5. The Bertz CT molecular complexity index is 697. The molecule has 0 radical (unpaired) electrons. The molecule has 100 valence electrons. The number of rotatable bonds is 4. The van der Waals surface area contributed by atoms with Crippen LogP contribution in [0.25, 0.3) is 0 Å². The Balaban J connectivity index is 2.24. The quantitative estimate of drug-likeness (QED) is 0.682. The fourth-order valence-corrected chi connectivity index (χ4v) is 1.61. The van der Waals surface area contributed by atoms with Crippen molar-refractivity contribution < 1.29 is 9.31 Å². The molecule has 1 aromatic heterocycles. The second-order valence-electron chi connectivity index (χ2n) is 3.91. The third kappa shape index (κ3) is 2.87. The molecule has 0 aliphatic rings. The maximum absolute atomic E-state index is 13.4. The minimum atomic E-state index is -0.641. The summed E-state index contributed by atoms with van der Waals surface area (Å²) in [5.41, 5.74) is 0.140. The molecule has 0 aliphatic carbocycles. The molecule has 0 bridgehead atoms. The van der Waals surface area contributed by atoms with Crippen LogP contribution in [-0.4, -0.2) is 9.91 Å². The maximum atomic E-state index is 13.4. The van der Waals surface area contributed by atoms with Gasteiger partial charge in [0, 0.05) is 24.4 Å². The first kappa shape index (κ1) is 13.4. The molecule has 0 amide bonds. The maximum Gasteiger partial charge on any atom is 0.312 e. The van der Waals surface area contributed by atoms with Gasteiger partial charge in [-0.2, -0.15) is 5.26 Å². The first-order valence-corrected chi connectivity index (χ1v) is 5.63. The van der Waals surface area contributed by atoms with Gasteiger partial charge < -0.3 is 5.32 Å². The molecule has 0 aliphatic heterocycles. The van der Waals surface area contributed by atoms with Gasteiger partial charge in [-0.1, -0.05) is 18.2 Å². The fourth-order valence-electron chi connectivity index (χ4n) is 1.61. The van der Waals surface area contributed by atoms with E-state index in [1.165, 1.54) is 12.3 Å². The van der Waals surface area contributed by atoms with E-state index in [1.54, 1.807) is 24.3 Å². The van der Waals surface area contributed by atoms with Crippen LogP contribution in [0.3, 0.4) is 0 Å². The van der Waals surface area contributed by atoms with Crippen molar-refractivity contribution >= 4 is 11.5 Å². The summed E-state index contributed by atoms with van der Waals surface area (Å²) in [5.74, 6) is -0.409. The number of halogens is 1. The molecule has 2 rings (SSSR count). The molecule has 0 fully saturated rings. The van der Waals surface area contributed by atoms with Gasteiger partial charge >= 0.3 is 5.69 Å². The molecule has 0 unspecified atom stereocenters. The number of nitrogens with zero attached hydrogens (tertiary/aromatic N) is 3. The summed E-state index contributed by atoms with van der Waals surface area (Å²) < 4.78 is 13.4. The van der Waals surface area contributed by atoms with E-state index in [0.29, 0.717) is 5.56 Å². The first-order valence-electron chi connectivity index (χ1n) is 5.63. The van der Waals surface area contributed by atoms with E-state index in [-0.39, 0.29) is 23.6 Å². The number of benzene rings is 1. The van der Waals surface area contributed by atoms with E-state index in [9.17, 15) is 14.5 Å². The standard InChI is InChI=1S/C13H9FN4O2/c14-11-4-2-1-3-10(11)8-17-13-12(18(19)20)5-9(6-15)7-16-13/h1-5,7H,8H2,(H,16,17). The van der Waals surface area contributed by atoms with Crippen molar-refractivity contribution in [3.8, 4) is 6.07 Å². The van der Waals surface area contributed by atoms with Crippen LogP contribution >= 0.6 is 0 Å². The summed E-state index contributed by atoms with van der Waals surface area (Å²) in [5, 5.41) is 22.3. The number of aromatic nitrogens is 1. The summed E-state index contributed by atoms with van der Waals surface area (Å²) in [6.07, 6.45) is 1.22. The van der Waals surface area contributed by atoms with Gasteiger partial charge in [0.2, 0.25) is 5.82 Å². The number of nitrogens with one attached hydrogen (secondary N) is 1. The van der Waals surface area contributed by atoms with E-state index in [0.717, 1.165) is 6.07 Å². The van der Waals surface area contributed by atoms with Crippen molar-refractivity contribution in [3.05, 3.63) is 63.6 Å². The van der Waals surface area contributed by atoms with E-state index < -0.39 is 10.7 Å². The highest BCUT2D eigenvalue weighted by Gasteiger charge is 2.16. The Morgan fingerprint density at radius 3 is 2.85 bits per heavy atom. The molecule has 7 heteroatoms. The lowest BCUT2D eigenvalue weighted by Gasteiger charge is -2.07. The van der Waals surface area contributed by atoms with Gasteiger partial charge in [-0.15, -0.1) is 0 Å². The molecule has 0 saturated carbocycles. The van der Waals surface area contributed by atoms with Crippen LogP contribution in [0, 0.1) is 27.3 Å². The molecular weight excluding hydrogens is 263 g/mol. The molecule has 0 spiro atoms. The number of hydrogen-bond donors (Lipinski definition) is 1. The Hall–Kier alpha value is -3.01. The minimum absolute atomic E-state index is 0.00254. The highest BCUT2D eigenvalue weighted by molar-refractivity contribution is 5.58. The van der Waals surface area contributed by atoms with Crippen molar-refractivity contribution in [2.24, 2.45) is 0 Å². The molecule has 0 saturated heterocycles. The van der Waals surface area contributed by atoms with E-state index >= 15 is 0 Å². The van der Waals surface area contributed by atoms with Crippen molar-refractivity contribution in [3.63, 3.8) is 0 Å². The lowest BCUT2D eigenvalue weighted by Crippen LogP contribution is -2.06. The van der Waals surface area contributed by atoms with Gasteiger partial charge in [0.15, 0.2) is 0 Å². The van der Waals surface area contributed by atoms with Gasteiger partial charge in [-0.3, -0.25) is 10.1 Å². The Morgan fingerprint density at radius 1 is 1.45 bits per heavy atom. The van der Waals surface area contributed by atoms with E-state index in [1.807, 2.05) is 0 Å².